The van der Waals surface area contributed by atoms with E-state index in [-0.39, 0.29) is 17.5 Å². The van der Waals surface area contributed by atoms with Gasteiger partial charge in [-0.15, -0.1) is 0 Å². The van der Waals surface area contributed by atoms with Gasteiger partial charge in [0.25, 0.3) is 15.9 Å². The van der Waals surface area contributed by atoms with E-state index in [9.17, 15) is 18.0 Å². The molecular weight excluding hydrogens is 394 g/mol. The number of anilines is 1. The maximum absolute atomic E-state index is 12.5. The molecule has 0 spiro atoms. The Morgan fingerprint density at radius 2 is 1.59 bits per heavy atom. The second-order valence-electron chi connectivity index (χ2n) is 7.00. The first-order valence-corrected chi connectivity index (χ1v) is 10.6. The number of para-hydroxylation sites is 1. The molecule has 9 nitrogen and oxygen atoms in total. The highest BCUT2D eigenvalue weighted by atomic mass is 32.2. The number of urea groups is 1. The number of rotatable bonds is 6. The van der Waals surface area contributed by atoms with E-state index in [2.05, 4.69) is 20.6 Å². The lowest BCUT2D eigenvalue weighted by molar-refractivity contribution is 0.0957. The van der Waals surface area contributed by atoms with Gasteiger partial charge >= 0.3 is 6.03 Å². The number of aromatic nitrogens is 2. The van der Waals surface area contributed by atoms with Gasteiger partial charge < -0.3 is 10.6 Å². The van der Waals surface area contributed by atoms with Gasteiger partial charge in [-0.2, -0.15) is 8.42 Å². The Morgan fingerprint density at radius 3 is 2.10 bits per heavy atom. The number of sulfonamides is 1. The predicted molar refractivity (Wildman–Crippen MR) is 109 cm³/mol. The Bertz CT molecular complexity index is 993. The van der Waals surface area contributed by atoms with Gasteiger partial charge in [0.2, 0.25) is 0 Å². The Kier molecular flexibility index (Phi) is 6.91. The van der Waals surface area contributed by atoms with Gasteiger partial charge in [-0.25, -0.2) is 14.5 Å². The molecule has 1 aromatic heterocycles. The Balaban J connectivity index is 2.31. The molecule has 2 aromatic rings. The van der Waals surface area contributed by atoms with Crippen LogP contribution in [0.3, 0.4) is 0 Å². The molecule has 3 amide bonds. The number of benzene rings is 1. The van der Waals surface area contributed by atoms with Crippen LogP contribution in [0.25, 0.3) is 0 Å². The topological polar surface area (TPSA) is 130 Å². The quantitative estimate of drug-likeness (QED) is 0.660. The van der Waals surface area contributed by atoms with Gasteiger partial charge in [0, 0.05) is 12.7 Å². The van der Waals surface area contributed by atoms with Gasteiger partial charge in [0.1, 0.15) is 5.69 Å². The molecule has 0 aliphatic carbocycles. The summed E-state index contributed by atoms with van der Waals surface area (Å²) in [7, 11) is -2.94. The molecule has 10 heteroatoms. The summed E-state index contributed by atoms with van der Waals surface area (Å²) in [5, 5.41) is 4.46. The Hall–Kier alpha value is -3.01. The number of hydrogen-bond donors (Lipinski definition) is 3. The molecule has 0 fully saturated rings. The van der Waals surface area contributed by atoms with Crippen LogP contribution in [0.5, 0.6) is 0 Å². The van der Waals surface area contributed by atoms with Crippen molar-refractivity contribution >= 4 is 27.6 Å². The molecule has 1 aromatic carbocycles. The van der Waals surface area contributed by atoms with Gasteiger partial charge in [-0.05, 0) is 23.0 Å². The monoisotopic (exact) mass is 419 g/mol. The van der Waals surface area contributed by atoms with Crippen LogP contribution in [-0.4, -0.2) is 37.4 Å². The molecule has 0 aliphatic rings. The molecular formula is C19H25N5O4S. The zero-order valence-corrected chi connectivity index (χ0v) is 17.8. The first-order valence-electron chi connectivity index (χ1n) is 9.07. The predicted octanol–water partition coefficient (Wildman–Crippen LogP) is 2.59. The van der Waals surface area contributed by atoms with Crippen molar-refractivity contribution in [1.82, 2.24) is 20.0 Å². The summed E-state index contributed by atoms with van der Waals surface area (Å²) in [5.41, 5.74) is 2.19. The maximum atomic E-state index is 12.5. The molecule has 2 rings (SSSR count). The second kappa shape index (κ2) is 8.99. The number of nitrogens with zero attached hydrogens (tertiary/aromatic N) is 2. The van der Waals surface area contributed by atoms with Crippen molar-refractivity contribution in [3.8, 4) is 0 Å². The van der Waals surface area contributed by atoms with Crippen LogP contribution in [0.4, 0.5) is 10.5 Å². The van der Waals surface area contributed by atoms with Crippen molar-refractivity contribution in [1.29, 1.82) is 0 Å². The smallest absolute Gasteiger partial charge is 0.333 e. The Morgan fingerprint density at radius 1 is 1.00 bits per heavy atom. The number of carbonyl (C=O) groups is 2. The van der Waals surface area contributed by atoms with Crippen molar-refractivity contribution in [2.45, 2.75) is 44.6 Å². The highest BCUT2D eigenvalue weighted by Crippen LogP contribution is 2.32. The fraction of sp³-hybridized carbons (Fsp3) is 0.368. The van der Waals surface area contributed by atoms with Crippen molar-refractivity contribution in [3.63, 3.8) is 0 Å². The summed E-state index contributed by atoms with van der Waals surface area (Å²) in [4.78, 5) is 31.6. The van der Waals surface area contributed by atoms with Crippen LogP contribution in [0.15, 0.2) is 35.6 Å². The summed E-state index contributed by atoms with van der Waals surface area (Å²) < 4.78 is 27.0. The van der Waals surface area contributed by atoms with Crippen LogP contribution in [-0.2, 0) is 10.0 Å². The third kappa shape index (κ3) is 5.29. The van der Waals surface area contributed by atoms with E-state index in [0.717, 1.165) is 23.5 Å². The van der Waals surface area contributed by atoms with E-state index < -0.39 is 27.0 Å². The summed E-state index contributed by atoms with van der Waals surface area (Å²) >= 11 is 0. The number of hydrogen-bond acceptors (Lipinski definition) is 6. The molecule has 0 saturated carbocycles. The Labute approximate surface area is 170 Å². The summed E-state index contributed by atoms with van der Waals surface area (Å²) in [5.74, 6) is -0.349. The molecule has 0 bridgehead atoms. The van der Waals surface area contributed by atoms with E-state index in [1.54, 1.807) is 0 Å². The van der Waals surface area contributed by atoms with E-state index in [1.807, 2.05) is 50.6 Å². The average molecular weight is 420 g/mol. The fourth-order valence-electron chi connectivity index (χ4n) is 2.72. The molecule has 29 heavy (non-hydrogen) atoms. The van der Waals surface area contributed by atoms with E-state index >= 15 is 0 Å². The second-order valence-corrected chi connectivity index (χ2v) is 8.63. The van der Waals surface area contributed by atoms with Gasteiger partial charge in [0.05, 0.1) is 12.4 Å². The van der Waals surface area contributed by atoms with Crippen LogP contribution >= 0.6 is 0 Å². The standard InChI is InChI=1S/C19H25N5O4S/c1-11(2)13-7-6-8-14(12(3)4)17(13)23-19(26)24-29(27,28)16-10-21-9-15(22-16)18(25)20-5/h6-12H,1-5H3,(H,20,25)(H2,23,24,26). The molecule has 0 unspecified atom stereocenters. The first-order chi connectivity index (χ1) is 13.6. The van der Waals surface area contributed by atoms with Gasteiger partial charge in [0.15, 0.2) is 5.03 Å². The van der Waals surface area contributed by atoms with Crippen molar-refractivity contribution in [3.05, 3.63) is 47.4 Å². The largest absolute Gasteiger partial charge is 0.354 e. The SMILES string of the molecule is CNC(=O)c1cncc(S(=O)(=O)NC(=O)Nc2c(C(C)C)cccc2C(C)C)n1. The number of amides is 3. The minimum Gasteiger partial charge on any atom is -0.354 e. The molecule has 0 aliphatic heterocycles. The molecule has 3 N–H and O–H groups in total. The van der Waals surface area contributed by atoms with Crippen LogP contribution in [0.1, 0.15) is 61.1 Å². The maximum Gasteiger partial charge on any atom is 0.333 e. The third-order valence-corrected chi connectivity index (χ3v) is 5.39. The minimum atomic E-state index is -4.33. The van der Waals surface area contributed by atoms with Crippen LogP contribution in [0, 0.1) is 0 Å². The summed E-state index contributed by atoms with van der Waals surface area (Å²) in [6.07, 6.45) is 2.09. The normalized spacial score (nSPS) is 11.4. The van der Waals surface area contributed by atoms with Crippen molar-refractivity contribution in [2.75, 3.05) is 12.4 Å². The molecule has 0 saturated heterocycles. The highest BCUT2D eigenvalue weighted by molar-refractivity contribution is 7.90. The molecule has 0 atom stereocenters. The zero-order valence-electron chi connectivity index (χ0n) is 17.0. The zero-order chi connectivity index (χ0) is 21.8. The summed E-state index contributed by atoms with van der Waals surface area (Å²) in [6, 6.07) is 4.76. The van der Waals surface area contributed by atoms with Crippen LogP contribution in [0.2, 0.25) is 0 Å². The number of nitrogens with one attached hydrogen (secondary N) is 3. The first kappa shape index (κ1) is 22.3. The minimum absolute atomic E-state index is 0.121. The average Bonchev–Trinajstić information content (AvgIpc) is 2.66. The summed E-state index contributed by atoms with van der Waals surface area (Å²) in [6.45, 7) is 7.94. The van der Waals surface area contributed by atoms with Gasteiger partial charge in [-0.1, -0.05) is 45.9 Å². The molecule has 156 valence electrons. The lowest BCUT2D eigenvalue weighted by atomic mass is 9.93. The van der Waals surface area contributed by atoms with Crippen LogP contribution < -0.4 is 15.4 Å². The lowest BCUT2D eigenvalue weighted by Gasteiger charge is -2.20. The lowest BCUT2D eigenvalue weighted by Crippen LogP contribution is -2.36. The molecule has 0 radical (unpaired) electrons. The number of carbonyl (C=O) groups excluding carboxylic acids is 2. The van der Waals surface area contributed by atoms with Crippen molar-refractivity contribution < 1.29 is 18.0 Å². The van der Waals surface area contributed by atoms with E-state index in [4.69, 9.17) is 0 Å². The van der Waals surface area contributed by atoms with Gasteiger partial charge in [-0.3, -0.25) is 9.78 Å². The van der Waals surface area contributed by atoms with E-state index in [0.29, 0.717) is 5.69 Å². The highest BCUT2D eigenvalue weighted by Gasteiger charge is 2.23. The van der Waals surface area contributed by atoms with E-state index in [1.165, 1.54) is 7.05 Å². The van der Waals surface area contributed by atoms with Crippen molar-refractivity contribution in [2.24, 2.45) is 0 Å². The fourth-order valence-corrected chi connectivity index (χ4v) is 3.54. The molecule has 1 heterocycles. The third-order valence-electron chi connectivity index (χ3n) is 4.19.